The molecule has 0 saturated heterocycles. The zero-order chi connectivity index (χ0) is 17.6. The number of benzene rings is 2. The fourth-order valence-electron chi connectivity index (χ4n) is 2.16. The van der Waals surface area contributed by atoms with Gasteiger partial charge in [-0.3, -0.25) is 10.1 Å². The van der Waals surface area contributed by atoms with Crippen LogP contribution in [0.4, 0.5) is 5.88 Å². The molecule has 0 saturated carbocycles. The van der Waals surface area contributed by atoms with Crippen LogP contribution in [0.25, 0.3) is 11.3 Å². The minimum absolute atomic E-state index is 0.191. The molecule has 1 heterocycles. The van der Waals surface area contributed by atoms with E-state index in [0.29, 0.717) is 11.3 Å². The first-order valence-electron chi connectivity index (χ1n) is 7.67. The number of anilines is 1. The molecule has 3 rings (SSSR count). The summed E-state index contributed by atoms with van der Waals surface area (Å²) in [6.07, 6.45) is 0. The van der Waals surface area contributed by atoms with E-state index in [2.05, 4.69) is 10.5 Å². The van der Waals surface area contributed by atoms with Crippen LogP contribution in [0.1, 0.15) is 15.9 Å². The lowest BCUT2D eigenvalue weighted by molar-refractivity contribution is -0.119. The van der Waals surface area contributed by atoms with Crippen LogP contribution in [-0.2, 0) is 9.53 Å². The number of aryl methyl sites for hydroxylation is 1. The summed E-state index contributed by atoms with van der Waals surface area (Å²) in [5.74, 6) is -0.874. The molecule has 25 heavy (non-hydrogen) atoms. The van der Waals surface area contributed by atoms with Gasteiger partial charge in [-0.15, -0.1) is 0 Å². The van der Waals surface area contributed by atoms with E-state index in [-0.39, 0.29) is 5.88 Å². The molecule has 2 aromatic carbocycles. The third-order valence-corrected chi connectivity index (χ3v) is 3.46. The number of esters is 1. The highest BCUT2D eigenvalue weighted by molar-refractivity contribution is 5.95. The molecule has 0 spiro atoms. The normalized spacial score (nSPS) is 10.3. The third-order valence-electron chi connectivity index (χ3n) is 3.46. The van der Waals surface area contributed by atoms with Crippen molar-refractivity contribution in [2.45, 2.75) is 6.92 Å². The van der Waals surface area contributed by atoms with Gasteiger partial charge in [0.25, 0.3) is 5.91 Å². The smallest absolute Gasteiger partial charge is 0.338 e. The van der Waals surface area contributed by atoms with Crippen molar-refractivity contribution in [3.8, 4) is 11.3 Å². The van der Waals surface area contributed by atoms with E-state index >= 15 is 0 Å². The highest BCUT2D eigenvalue weighted by Gasteiger charge is 2.12. The van der Waals surface area contributed by atoms with Crippen molar-refractivity contribution in [1.29, 1.82) is 0 Å². The number of amides is 1. The Morgan fingerprint density at radius 1 is 1.08 bits per heavy atom. The van der Waals surface area contributed by atoms with Gasteiger partial charge in [0.2, 0.25) is 5.88 Å². The molecule has 0 atom stereocenters. The van der Waals surface area contributed by atoms with Gasteiger partial charge in [-0.05, 0) is 19.1 Å². The van der Waals surface area contributed by atoms with Crippen LogP contribution in [0, 0.1) is 6.92 Å². The summed E-state index contributed by atoms with van der Waals surface area (Å²) < 4.78 is 10.0. The summed E-state index contributed by atoms with van der Waals surface area (Å²) in [5, 5.41) is 6.42. The standard InChI is InChI=1S/C19H16N2O4/c1-13-7-9-14(10-8-13)16-11-18(25-21-16)20-17(22)12-24-19(23)15-5-3-2-4-6-15/h2-11H,12H2,1H3,(H,20,22). The molecule has 126 valence electrons. The van der Waals surface area contributed by atoms with Crippen molar-refractivity contribution < 1.29 is 18.8 Å². The number of carbonyl (C=O) groups excluding carboxylic acids is 2. The van der Waals surface area contributed by atoms with Crippen molar-refractivity contribution in [1.82, 2.24) is 5.16 Å². The van der Waals surface area contributed by atoms with Crippen LogP contribution in [0.15, 0.2) is 65.2 Å². The van der Waals surface area contributed by atoms with E-state index in [0.717, 1.165) is 11.1 Å². The number of ether oxygens (including phenoxy) is 1. The van der Waals surface area contributed by atoms with E-state index in [1.807, 2.05) is 31.2 Å². The summed E-state index contributed by atoms with van der Waals surface area (Å²) in [5.41, 5.74) is 3.01. The Kier molecular flexibility index (Phi) is 4.89. The molecule has 0 unspecified atom stereocenters. The highest BCUT2D eigenvalue weighted by atomic mass is 16.5. The zero-order valence-corrected chi connectivity index (χ0v) is 13.6. The predicted octanol–water partition coefficient (Wildman–Crippen LogP) is 3.45. The molecule has 1 N–H and O–H groups in total. The number of rotatable bonds is 5. The predicted molar refractivity (Wildman–Crippen MR) is 92.0 cm³/mol. The molecule has 0 radical (unpaired) electrons. The number of hydrogen-bond acceptors (Lipinski definition) is 5. The second kappa shape index (κ2) is 7.44. The number of nitrogens with one attached hydrogen (secondary N) is 1. The molecule has 6 heteroatoms. The van der Waals surface area contributed by atoms with Crippen molar-refractivity contribution in [2.75, 3.05) is 11.9 Å². The van der Waals surface area contributed by atoms with Crippen molar-refractivity contribution in [3.05, 3.63) is 71.8 Å². The summed E-state index contributed by atoms with van der Waals surface area (Å²) in [4.78, 5) is 23.6. The number of carbonyl (C=O) groups is 2. The van der Waals surface area contributed by atoms with Crippen LogP contribution in [-0.4, -0.2) is 23.6 Å². The second-order valence-corrected chi connectivity index (χ2v) is 5.43. The zero-order valence-electron chi connectivity index (χ0n) is 13.6. The first-order chi connectivity index (χ1) is 12.1. The Hall–Kier alpha value is -3.41. The van der Waals surface area contributed by atoms with Crippen LogP contribution in [0.5, 0.6) is 0 Å². The van der Waals surface area contributed by atoms with E-state index in [1.165, 1.54) is 0 Å². The molecule has 1 aromatic heterocycles. The molecular formula is C19H16N2O4. The summed E-state index contributed by atoms with van der Waals surface area (Å²) in [7, 11) is 0. The lowest BCUT2D eigenvalue weighted by Crippen LogP contribution is -2.20. The van der Waals surface area contributed by atoms with Gasteiger partial charge < -0.3 is 9.26 Å². The Bertz CT molecular complexity index is 870. The lowest BCUT2D eigenvalue weighted by Gasteiger charge is -2.04. The first-order valence-corrected chi connectivity index (χ1v) is 7.67. The minimum atomic E-state index is -0.561. The second-order valence-electron chi connectivity index (χ2n) is 5.43. The van der Waals surface area contributed by atoms with Crippen LogP contribution < -0.4 is 5.32 Å². The average Bonchev–Trinajstić information content (AvgIpc) is 3.09. The van der Waals surface area contributed by atoms with Gasteiger partial charge in [0.05, 0.1) is 5.56 Å². The maximum absolute atomic E-state index is 11.9. The third kappa shape index (κ3) is 4.32. The lowest BCUT2D eigenvalue weighted by atomic mass is 10.1. The number of aromatic nitrogens is 1. The Labute approximate surface area is 144 Å². The summed E-state index contributed by atoms with van der Waals surface area (Å²) in [6, 6.07) is 17.8. The fraction of sp³-hybridized carbons (Fsp3) is 0.105. The number of hydrogen-bond donors (Lipinski definition) is 1. The molecule has 0 aliphatic carbocycles. The van der Waals surface area contributed by atoms with Crippen molar-refractivity contribution in [3.63, 3.8) is 0 Å². The van der Waals surface area contributed by atoms with Gasteiger partial charge in [-0.25, -0.2) is 4.79 Å². The average molecular weight is 336 g/mol. The molecule has 6 nitrogen and oxygen atoms in total. The Morgan fingerprint density at radius 2 is 1.80 bits per heavy atom. The topological polar surface area (TPSA) is 81.4 Å². The van der Waals surface area contributed by atoms with Gasteiger partial charge in [0, 0.05) is 11.6 Å². The Balaban J connectivity index is 1.55. The van der Waals surface area contributed by atoms with Gasteiger partial charge in [-0.1, -0.05) is 53.2 Å². The van der Waals surface area contributed by atoms with Crippen LogP contribution in [0.3, 0.4) is 0 Å². The molecule has 0 fully saturated rings. The molecule has 0 aliphatic heterocycles. The summed E-state index contributed by atoms with van der Waals surface area (Å²) in [6.45, 7) is 1.59. The molecular weight excluding hydrogens is 320 g/mol. The molecule has 3 aromatic rings. The van der Waals surface area contributed by atoms with Crippen molar-refractivity contribution in [2.24, 2.45) is 0 Å². The molecule has 1 amide bonds. The SMILES string of the molecule is Cc1ccc(-c2cc(NC(=O)COC(=O)c3ccccc3)on2)cc1. The van der Waals surface area contributed by atoms with Gasteiger partial charge in [0.1, 0.15) is 5.69 Å². The Morgan fingerprint density at radius 3 is 2.52 bits per heavy atom. The van der Waals surface area contributed by atoms with Gasteiger partial charge in [-0.2, -0.15) is 0 Å². The highest BCUT2D eigenvalue weighted by Crippen LogP contribution is 2.21. The fourth-order valence-corrected chi connectivity index (χ4v) is 2.16. The van der Waals surface area contributed by atoms with E-state index < -0.39 is 18.5 Å². The molecule has 0 aliphatic rings. The van der Waals surface area contributed by atoms with Crippen LogP contribution in [0.2, 0.25) is 0 Å². The van der Waals surface area contributed by atoms with E-state index in [9.17, 15) is 9.59 Å². The van der Waals surface area contributed by atoms with Gasteiger partial charge >= 0.3 is 5.97 Å². The largest absolute Gasteiger partial charge is 0.452 e. The van der Waals surface area contributed by atoms with Crippen LogP contribution >= 0.6 is 0 Å². The maximum Gasteiger partial charge on any atom is 0.338 e. The molecule has 0 bridgehead atoms. The summed E-state index contributed by atoms with van der Waals surface area (Å²) >= 11 is 0. The van der Waals surface area contributed by atoms with E-state index in [1.54, 1.807) is 36.4 Å². The van der Waals surface area contributed by atoms with Crippen molar-refractivity contribution >= 4 is 17.8 Å². The minimum Gasteiger partial charge on any atom is -0.452 e. The monoisotopic (exact) mass is 336 g/mol. The van der Waals surface area contributed by atoms with E-state index in [4.69, 9.17) is 9.26 Å². The maximum atomic E-state index is 11.9. The first kappa shape index (κ1) is 16.4. The number of nitrogens with zero attached hydrogens (tertiary/aromatic N) is 1. The van der Waals surface area contributed by atoms with Gasteiger partial charge in [0.15, 0.2) is 6.61 Å². The quantitative estimate of drug-likeness (QED) is 0.722.